The lowest BCUT2D eigenvalue weighted by atomic mass is 9.91. The molecule has 0 bridgehead atoms. The van der Waals surface area contributed by atoms with E-state index in [2.05, 4.69) is 46.3 Å². The van der Waals surface area contributed by atoms with Crippen molar-refractivity contribution in [1.82, 2.24) is 4.98 Å². The van der Waals surface area contributed by atoms with Gasteiger partial charge in [-0.1, -0.05) is 18.2 Å². The van der Waals surface area contributed by atoms with Crippen molar-refractivity contribution in [2.45, 2.75) is 51.4 Å². The van der Waals surface area contributed by atoms with Crippen LogP contribution in [0, 0.1) is 0 Å². The number of fused-ring (bicyclic) bond motifs is 5. The maximum Gasteiger partial charge on any atom is 0.303 e. The smallest absolute Gasteiger partial charge is 0.303 e. The zero-order valence-electron chi connectivity index (χ0n) is 19.4. The molecule has 0 atom stereocenters. The number of aliphatic carboxylic acids is 1. The van der Waals surface area contributed by atoms with Crippen molar-refractivity contribution in [3.05, 3.63) is 52.9 Å². The molecule has 0 unspecified atom stereocenters. The molecule has 2 N–H and O–H groups in total. The van der Waals surface area contributed by atoms with E-state index in [0.717, 1.165) is 90.4 Å². The van der Waals surface area contributed by atoms with Crippen LogP contribution in [0.15, 0.2) is 40.8 Å². The van der Waals surface area contributed by atoms with Crippen molar-refractivity contribution in [1.29, 1.82) is 0 Å². The monoisotopic (exact) mass is 456 g/mol. The number of carbonyl (C=O) groups is 1. The van der Waals surface area contributed by atoms with Gasteiger partial charge in [-0.2, -0.15) is 0 Å². The molecule has 0 aromatic heterocycles. The van der Waals surface area contributed by atoms with Gasteiger partial charge in [0.05, 0.1) is 11.5 Å². The third-order valence-electron chi connectivity index (χ3n) is 7.26. The number of nitrogens with one attached hydrogen (secondary N) is 1. The first-order valence-corrected chi connectivity index (χ1v) is 12.5. The molecule has 0 saturated carbocycles. The molecule has 2 aromatic rings. The van der Waals surface area contributed by atoms with E-state index in [4.69, 9.17) is 14.5 Å². The molecule has 6 nitrogen and oxygen atoms in total. The molecule has 1 aliphatic carbocycles. The highest BCUT2D eigenvalue weighted by Crippen LogP contribution is 2.41. The maximum absolute atomic E-state index is 10.7. The molecule has 0 spiro atoms. The summed E-state index contributed by atoms with van der Waals surface area (Å²) in [5.74, 6) is 0.0851. The fourth-order valence-corrected chi connectivity index (χ4v) is 5.72. The highest BCUT2D eigenvalue weighted by Gasteiger charge is 2.28. The minimum Gasteiger partial charge on any atom is -0.481 e. The number of rotatable bonds is 6. The Morgan fingerprint density at radius 2 is 1.88 bits per heavy atom. The molecule has 0 fully saturated rings. The fourth-order valence-electron chi connectivity index (χ4n) is 5.72. The zero-order chi connectivity index (χ0) is 23.1. The summed E-state index contributed by atoms with van der Waals surface area (Å²) in [4.78, 5) is 22.0. The molecule has 0 radical (unpaired) electrons. The first-order valence-electron chi connectivity index (χ1n) is 12.5. The van der Waals surface area contributed by atoms with Crippen molar-refractivity contribution in [3.63, 3.8) is 0 Å². The van der Waals surface area contributed by atoms with Crippen molar-refractivity contribution in [2.75, 3.05) is 24.5 Å². The van der Waals surface area contributed by atoms with Gasteiger partial charge in [-0.25, -0.2) is 9.98 Å². The van der Waals surface area contributed by atoms with Crippen LogP contribution < -0.4 is 15.2 Å². The van der Waals surface area contributed by atoms with E-state index in [1.54, 1.807) is 0 Å². The number of carboxylic acid groups (broad SMARTS) is 1. The molecule has 0 saturated heterocycles. The summed E-state index contributed by atoms with van der Waals surface area (Å²) in [5.41, 5.74) is 6.96. The first-order chi connectivity index (χ1) is 16.7. The Bertz CT molecular complexity index is 1440. The summed E-state index contributed by atoms with van der Waals surface area (Å²) >= 11 is 0. The predicted octanol–water partition coefficient (Wildman–Crippen LogP) is 3.41. The minimum absolute atomic E-state index is 0.236. The van der Waals surface area contributed by atoms with Gasteiger partial charge < -0.3 is 14.4 Å². The Hall–Kier alpha value is -3.41. The Balaban J connectivity index is 1.47. The first kappa shape index (κ1) is 21.1. The number of hydrogen-bond acceptors (Lipinski definition) is 4. The molecule has 0 amide bonds. The van der Waals surface area contributed by atoms with Crippen molar-refractivity contribution < 1.29 is 19.3 Å². The zero-order valence-corrected chi connectivity index (χ0v) is 19.4. The second-order valence-corrected chi connectivity index (χ2v) is 9.57. The number of anilines is 1. The van der Waals surface area contributed by atoms with Crippen LogP contribution in [-0.2, 0) is 17.6 Å². The molecule has 3 heterocycles. The average molecular weight is 457 g/mol. The highest BCUT2D eigenvalue weighted by atomic mass is 16.4. The van der Waals surface area contributed by atoms with Gasteiger partial charge in [0.1, 0.15) is 17.8 Å². The lowest BCUT2D eigenvalue weighted by Crippen LogP contribution is -2.76. The van der Waals surface area contributed by atoms with E-state index in [1.807, 2.05) is 0 Å². The molecule has 4 aliphatic rings. The number of unbranched alkanes of at least 4 members (excludes halogenated alkanes) is 2. The van der Waals surface area contributed by atoms with Crippen LogP contribution in [0.1, 0.15) is 49.7 Å². The van der Waals surface area contributed by atoms with Gasteiger partial charge in [0, 0.05) is 42.6 Å². The average Bonchev–Trinajstić information content (AvgIpc) is 2.85. The van der Waals surface area contributed by atoms with Crippen LogP contribution >= 0.6 is 0 Å². The topological polar surface area (TPSA) is 80.5 Å². The third-order valence-corrected chi connectivity index (χ3v) is 7.26. The van der Waals surface area contributed by atoms with Crippen molar-refractivity contribution >= 4 is 33.5 Å². The van der Waals surface area contributed by atoms with Gasteiger partial charge in [0.25, 0.3) is 0 Å². The molecule has 6 heteroatoms. The van der Waals surface area contributed by atoms with E-state index in [-0.39, 0.29) is 6.42 Å². The fraction of sp³-hybridized carbons (Fsp3) is 0.393. The van der Waals surface area contributed by atoms with E-state index in [1.165, 1.54) is 23.2 Å². The number of aryl methyl sites for hydroxylation is 2. The van der Waals surface area contributed by atoms with E-state index in [0.29, 0.717) is 6.42 Å². The molecule has 174 valence electrons. The van der Waals surface area contributed by atoms with Crippen molar-refractivity contribution in [2.24, 2.45) is 0 Å². The Labute approximate surface area is 198 Å². The minimum atomic E-state index is -0.724. The second kappa shape index (κ2) is 8.75. The molecule has 2 aromatic carbocycles. The molecular formula is C28H30N3O3+. The number of aromatic nitrogens is 1. The van der Waals surface area contributed by atoms with Gasteiger partial charge in [-0.15, -0.1) is 0 Å². The van der Waals surface area contributed by atoms with E-state index >= 15 is 0 Å². The van der Waals surface area contributed by atoms with Crippen LogP contribution in [0.3, 0.4) is 0 Å². The quantitative estimate of drug-likeness (QED) is 0.264. The molecule has 3 aliphatic heterocycles. The Morgan fingerprint density at radius 3 is 2.74 bits per heavy atom. The Morgan fingerprint density at radius 1 is 1.06 bits per heavy atom. The number of nitrogens with zero attached hydrogens (tertiary/aromatic N) is 2. The van der Waals surface area contributed by atoms with Gasteiger partial charge >= 0.3 is 5.97 Å². The van der Waals surface area contributed by atoms with Crippen molar-refractivity contribution in [3.8, 4) is 11.5 Å². The van der Waals surface area contributed by atoms with E-state index < -0.39 is 5.97 Å². The molecule has 34 heavy (non-hydrogen) atoms. The summed E-state index contributed by atoms with van der Waals surface area (Å²) in [6.45, 7) is 3.07. The highest BCUT2D eigenvalue weighted by molar-refractivity contribution is 5.97. The van der Waals surface area contributed by atoms with Gasteiger partial charge in [0.2, 0.25) is 5.36 Å². The lowest BCUT2D eigenvalue weighted by Gasteiger charge is -2.37. The van der Waals surface area contributed by atoms with Crippen LogP contribution in [-0.4, -0.2) is 35.7 Å². The van der Waals surface area contributed by atoms with Crippen LogP contribution in [0.25, 0.3) is 33.3 Å². The number of benzene rings is 3. The largest absolute Gasteiger partial charge is 0.481 e. The van der Waals surface area contributed by atoms with Gasteiger partial charge in [-0.3, -0.25) is 4.79 Å². The number of hydrogen-bond donors (Lipinski definition) is 2. The summed E-state index contributed by atoms with van der Waals surface area (Å²) in [6, 6.07) is 12.7. The van der Waals surface area contributed by atoms with Crippen LogP contribution in [0.4, 0.5) is 5.69 Å². The molecule has 6 rings (SSSR count). The lowest BCUT2D eigenvalue weighted by molar-refractivity contribution is -0.499. The van der Waals surface area contributed by atoms with Crippen LogP contribution in [0.5, 0.6) is 0 Å². The number of carboxylic acids is 1. The predicted molar refractivity (Wildman–Crippen MR) is 132 cm³/mol. The van der Waals surface area contributed by atoms with Gasteiger partial charge in [-0.05, 0) is 56.2 Å². The Kier molecular flexibility index (Phi) is 5.44. The maximum atomic E-state index is 10.7. The normalized spacial score (nSPS) is 15.9. The SMILES string of the molecule is O=C(O)CCCCC[NH+]=c1cc2oc3c4c5c(cc3nc-2c2ccccc12)CCCN5CCC4. The summed E-state index contributed by atoms with van der Waals surface area (Å²) in [7, 11) is 0. The third kappa shape index (κ3) is 3.71. The standard InChI is InChI=1S/C28H29N3O3/c32-25(33)12-2-1-5-13-29-22-17-24-26(20-10-4-3-9-19(20)22)30-23-16-18-8-6-14-31-15-7-11-21(27(18)31)28(23)34-24/h3-4,9-10,16-17H,1-2,5-8,11-15H2,(H,32,33)/p+1. The summed E-state index contributed by atoms with van der Waals surface area (Å²) < 4.78 is 6.64. The van der Waals surface area contributed by atoms with E-state index in [9.17, 15) is 4.79 Å². The van der Waals surface area contributed by atoms with Gasteiger partial charge in [0.15, 0.2) is 11.3 Å². The second-order valence-electron chi connectivity index (χ2n) is 9.57. The van der Waals surface area contributed by atoms with Crippen LogP contribution in [0.2, 0.25) is 0 Å². The molecular weight excluding hydrogens is 426 g/mol. The summed E-state index contributed by atoms with van der Waals surface area (Å²) in [5, 5.41) is 12.1. The summed E-state index contributed by atoms with van der Waals surface area (Å²) in [6.07, 6.45) is 7.30.